The number of pyridine rings is 1. The maximum atomic E-state index is 13.1. The van der Waals surface area contributed by atoms with Crippen LogP contribution in [0.25, 0.3) is 6.08 Å². The van der Waals surface area contributed by atoms with E-state index in [0.29, 0.717) is 45.2 Å². The molecule has 1 aromatic carbocycles. The Labute approximate surface area is 204 Å². The number of benzene rings is 1. The van der Waals surface area contributed by atoms with Crippen molar-refractivity contribution < 1.29 is 4.79 Å². The van der Waals surface area contributed by atoms with Crippen molar-refractivity contribution in [2.75, 3.05) is 18.4 Å². The molecule has 1 N–H and O–H groups in total. The Morgan fingerprint density at radius 1 is 1.24 bits per heavy atom. The Morgan fingerprint density at radius 3 is 2.58 bits per heavy atom. The lowest BCUT2D eigenvalue weighted by molar-refractivity contribution is -0.122. The third-order valence-corrected chi connectivity index (χ3v) is 7.01. The molecule has 1 saturated heterocycles. The molecule has 0 aliphatic carbocycles. The number of hydrogen-bond donors (Lipinski definition) is 1. The van der Waals surface area contributed by atoms with Gasteiger partial charge in [-0.15, -0.1) is 0 Å². The second-order valence-electron chi connectivity index (χ2n) is 8.42. The highest BCUT2D eigenvalue weighted by Gasteiger charge is 2.32. The van der Waals surface area contributed by atoms with Crippen LogP contribution in [0.3, 0.4) is 0 Å². The van der Waals surface area contributed by atoms with E-state index >= 15 is 0 Å². The molecule has 33 heavy (non-hydrogen) atoms. The van der Waals surface area contributed by atoms with Crippen LogP contribution in [0.4, 0.5) is 5.82 Å². The van der Waals surface area contributed by atoms with Gasteiger partial charge in [-0.25, -0.2) is 0 Å². The Balaban J connectivity index is 1.97. The van der Waals surface area contributed by atoms with Crippen molar-refractivity contribution in [3.63, 3.8) is 0 Å². The fourth-order valence-electron chi connectivity index (χ4n) is 3.63. The molecule has 2 heterocycles. The lowest BCUT2D eigenvalue weighted by atomic mass is 10.0. The van der Waals surface area contributed by atoms with E-state index in [1.807, 2.05) is 36.4 Å². The van der Waals surface area contributed by atoms with Crippen molar-refractivity contribution in [3.05, 3.63) is 67.8 Å². The van der Waals surface area contributed by atoms with Gasteiger partial charge in [0.25, 0.3) is 11.5 Å². The van der Waals surface area contributed by atoms with Crippen LogP contribution in [-0.4, -0.2) is 32.8 Å². The molecule has 0 bridgehead atoms. The second kappa shape index (κ2) is 10.8. The van der Waals surface area contributed by atoms with Crippen LogP contribution in [0.1, 0.15) is 42.5 Å². The largest absolute Gasteiger partial charge is 0.371 e. The zero-order chi connectivity index (χ0) is 24.1. The van der Waals surface area contributed by atoms with Crippen LogP contribution in [-0.2, 0) is 18.3 Å². The Bertz CT molecular complexity index is 1190. The Kier molecular flexibility index (Phi) is 8.11. The van der Waals surface area contributed by atoms with Crippen LogP contribution in [0.2, 0.25) is 0 Å². The van der Waals surface area contributed by atoms with E-state index < -0.39 is 0 Å². The number of aromatic nitrogens is 1. The van der Waals surface area contributed by atoms with Gasteiger partial charge < -0.3 is 5.32 Å². The molecule has 1 amide bonds. The van der Waals surface area contributed by atoms with E-state index in [9.17, 15) is 14.9 Å². The highest BCUT2D eigenvalue weighted by molar-refractivity contribution is 8.26. The number of thiocarbonyl (C=S) groups is 1. The normalized spacial score (nSPS) is 14.9. The third-order valence-electron chi connectivity index (χ3n) is 5.63. The summed E-state index contributed by atoms with van der Waals surface area (Å²) in [4.78, 5) is 28.0. The molecule has 1 aliphatic rings. The smallest absolute Gasteiger partial charge is 0.270 e. The van der Waals surface area contributed by atoms with Crippen LogP contribution in [0, 0.1) is 24.2 Å². The average molecular weight is 481 g/mol. The molecule has 8 heteroatoms. The van der Waals surface area contributed by atoms with E-state index in [1.54, 1.807) is 24.9 Å². The van der Waals surface area contributed by atoms with Crippen molar-refractivity contribution in [2.45, 2.75) is 33.6 Å². The number of nitrogens with one attached hydrogen (secondary N) is 1. The van der Waals surface area contributed by atoms with Gasteiger partial charge in [-0.05, 0) is 42.9 Å². The predicted molar refractivity (Wildman–Crippen MR) is 139 cm³/mol. The molecule has 2 aromatic rings. The monoisotopic (exact) mass is 480 g/mol. The van der Waals surface area contributed by atoms with Gasteiger partial charge in [0.2, 0.25) is 0 Å². The van der Waals surface area contributed by atoms with Crippen molar-refractivity contribution in [2.24, 2.45) is 13.0 Å². The molecular weight excluding hydrogens is 452 g/mol. The van der Waals surface area contributed by atoms with Crippen LogP contribution < -0.4 is 10.9 Å². The Morgan fingerprint density at radius 2 is 1.94 bits per heavy atom. The van der Waals surface area contributed by atoms with Crippen LogP contribution >= 0.6 is 24.0 Å². The standard InChI is InChI=1S/C25H28N4O2S2/c1-16(2)11-13-29-24(31)21(33-25(29)32)14-19-17(3)20(15-26)23(30)28(4)22(19)27-12-10-18-8-6-5-7-9-18/h5-9,14,16,27H,10-13H2,1-4H3/b21-14-. The molecule has 0 spiro atoms. The van der Waals surface area contributed by atoms with Crippen molar-refractivity contribution in [1.29, 1.82) is 5.26 Å². The van der Waals surface area contributed by atoms with Crippen molar-refractivity contribution in [3.8, 4) is 6.07 Å². The highest BCUT2D eigenvalue weighted by atomic mass is 32.2. The van der Waals surface area contributed by atoms with Crippen molar-refractivity contribution in [1.82, 2.24) is 9.47 Å². The molecule has 1 aliphatic heterocycles. The first-order valence-electron chi connectivity index (χ1n) is 10.9. The minimum absolute atomic E-state index is 0.0765. The number of anilines is 1. The van der Waals surface area contributed by atoms with Gasteiger partial charge in [0, 0.05) is 25.7 Å². The molecule has 0 unspecified atom stereocenters. The summed E-state index contributed by atoms with van der Waals surface area (Å²) < 4.78 is 1.98. The molecule has 172 valence electrons. The van der Waals surface area contributed by atoms with Gasteiger partial charge in [-0.3, -0.25) is 19.1 Å². The first-order chi connectivity index (χ1) is 15.7. The summed E-state index contributed by atoms with van der Waals surface area (Å²) in [5.74, 6) is 0.913. The third kappa shape index (κ3) is 5.55. The number of nitriles is 1. The zero-order valence-electron chi connectivity index (χ0n) is 19.3. The van der Waals surface area contributed by atoms with E-state index in [1.165, 1.54) is 21.9 Å². The fraction of sp³-hybridized carbons (Fsp3) is 0.360. The van der Waals surface area contributed by atoms with E-state index in [4.69, 9.17) is 12.2 Å². The minimum Gasteiger partial charge on any atom is -0.371 e. The van der Waals surface area contributed by atoms with Crippen molar-refractivity contribution >= 4 is 46.1 Å². The quantitative estimate of drug-likeness (QED) is 0.444. The first-order valence-corrected chi connectivity index (χ1v) is 12.1. The topological polar surface area (TPSA) is 78.1 Å². The van der Waals surface area contributed by atoms with E-state index in [2.05, 4.69) is 19.2 Å². The van der Waals surface area contributed by atoms with Gasteiger partial charge in [-0.2, -0.15) is 5.26 Å². The molecule has 0 saturated carbocycles. The van der Waals surface area contributed by atoms with Gasteiger partial charge in [-0.1, -0.05) is 68.2 Å². The lowest BCUT2D eigenvalue weighted by Gasteiger charge is -2.18. The summed E-state index contributed by atoms with van der Waals surface area (Å²) in [5.41, 5.74) is 2.10. The van der Waals surface area contributed by atoms with Gasteiger partial charge in [0.1, 0.15) is 21.8 Å². The number of amides is 1. The SMILES string of the molecule is Cc1c(/C=C2\SC(=S)N(CCC(C)C)C2=O)c(NCCc2ccccc2)n(C)c(=O)c1C#N. The molecule has 6 nitrogen and oxygen atoms in total. The molecule has 0 radical (unpaired) electrons. The lowest BCUT2D eigenvalue weighted by Crippen LogP contribution is -2.29. The highest BCUT2D eigenvalue weighted by Crippen LogP contribution is 2.35. The van der Waals surface area contributed by atoms with E-state index in [0.717, 1.165) is 12.8 Å². The predicted octanol–water partition coefficient (Wildman–Crippen LogP) is 4.47. The second-order valence-corrected chi connectivity index (χ2v) is 10.1. The summed E-state index contributed by atoms with van der Waals surface area (Å²) in [6.45, 7) is 7.14. The molecule has 0 atom stereocenters. The average Bonchev–Trinajstić information content (AvgIpc) is 3.05. The van der Waals surface area contributed by atoms with E-state index in [-0.39, 0.29) is 17.0 Å². The zero-order valence-corrected chi connectivity index (χ0v) is 21.0. The van der Waals surface area contributed by atoms with Gasteiger partial charge >= 0.3 is 0 Å². The maximum absolute atomic E-state index is 13.1. The number of hydrogen-bond acceptors (Lipinski definition) is 6. The summed E-state index contributed by atoms with van der Waals surface area (Å²) in [5, 5.41) is 12.9. The summed E-state index contributed by atoms with van der Waals surface area (Å²) in [6.07, 6.45) is 3.39. The number of thioether (sulfide) groups is 1. The van der Waals surface area contributed by atoms with Gasteiger partial charge in [0.05, 0.1) is 4.91 Å². The molecule has 1 aromatic heterocycles. The number of rotatable bonds is 8. The summed E-state index contributed by atoms with van der Waals surface area (Å²) >= 11 is 6.71. The fourth-order valence-corrected chi connectivity index (χ4v) is 4.92. The number of nitrogens with zero attached hydrogens (tertiary/aromatic N) is 3. The summed E-state index contributed by atoms with van der Waals surface area (Å²) in [7, 11) is 1.64. The molecular formula is C25H28N4O2S2. The number of carbonyl (C=O) groups is 1. The maximum Gasteiger partial charge on any atom is 0.270 e. The first kappa shape index (κ1) is 24.7. The van der Waals surface area contributed by atoms with Crippen LogP contribution in [0.5, 0.6) is 0 Å². The molecule has 1 fully saturated rings. The van der Waals surface area contributed by atoms with Gasteiger partial charge in [0.15, 0.2) is 0 Å². The Hall–Kier alpha value is -2.89. The van der Waals surface area contributed by atoms with Crippen LogP contribution in [0.15, 0.2) is 40.0 Å². The molecule has 3 rings (SSSR count). The number of carbonyl (C=O) groups excluding carboxylic acids is 1. The minimum atomic E-state index is -0.362. The summed E-state index contributed by atoms with van der Waals surface area (Å²) in [6, 6.07) is 12.1.